The van der Waals surface area contributed by atoms with E-state index < -0.39 is 0 Å². The van der Waals surface area contributed by atoms with Gasteiger partial charge in [-0.25, -0.2) is 4.98 Å². The molecule has 0 saturated carbocycles. The van der Waals surface area contributed by atoms with Crippen molar-refractivity contribution < 1.29 is 0 Å². The van der Waals surface area contributed by atoms with Crippen molar-refractivity contribution in [2.24, 2.45) is 7.05 Å². The first kappa shape index (κ1) is 11.0. The molecule has 1 aromatic heterocycles. The molecular formula is C12H14ClN3. The minimum absolute atomic E-state index is 0.727. The fourth-order valence-electron chi connectivity index (χ4n) is 1.61. The number of nitrogens with one attached hydrogen (secondary N) is 1. The summed E-state index contributed by atoms with van der Waals surface area (Å²) in [6.07, 6.45) is 1.99. The number of anilines is 1. The van der Waals surface area contributed by atoms with Gasteiger partial charge in [0, 0.05) is 24.8 Å². The van der Waals surface area contributed by atoms with E-state index in [4.69, 9.17) is 11.6 Å². The Kier molecular flexibility index (Phi) is 3.15. The Morgan fingerprint density at radius 1 is 1.44 bits per heavy atom. The maximum absolute atomic E-state index is 5.91. The monoisotopic (exact) mass is 235 g/mol. The van der Waals surface area contributed by atoms with Gasteiger partial charge in [0.05, 0.1) is 5.69 Å². The minimum Gasteiger partial charge on any atom is -0.352 e. The smallest absolute Gasteiger partial charge is 0.203 e. The van der Waals surface area contributed by atoms with Crippen LogP contribution in [0.15, 0.2) is 30.5 Å². The number of aromatic nitrogens is 2. The summed E-state index contributed by atoms with van der Waals surface area (Å²) in [6, 6.07) is 7.80. The van der Waals surface area contributed by atoms with E-state index in [0.717, 1.165) is 28.8 Å². The molecule has 16 heavy (non-hydrogen) atoms. The van der Waals surface area contributed by atoms with Gasteiger partial charge in [0.25, 0.3) is 0 Å². The standard InChI is InChI=1S/C12H14ClN3/c1-9-8-16(2)12(15-9)14-7-10-4-3-5-11(13)6-10/h3-6,8H,7H2,1-2H3,(H,14,15). The third-order valence-electron chi connectivity index (χ3n) is 2.34. The van der Waals surface area contributed by atoms with Crippen LogP contribution in [-0.2, 0) is 13.6 Å². The highest BCUT2D eigenvalue weighted by Crippen LogP contribution is 2.12. The molecule has 0 aliphatic heterocycles. The van der Waals surface area contributed by atoms with E-state index in [9.17, 15) is 0 Å². The lowest BCUT2D eigenvalue weighted by Gasteiger charge is -2.06. The van der Waals surface area contributed by atoms with Gasteiger partial charge in [-0.05, 0) is 24.6 Å². The molecule has 0 unspecified atom stereocenters. The molecule has 0 radical (unpaired) electrons. The fraction of sp³-hybridized carbons (Fsp3) is 0.250. The van der Waals surface area contributed by atoms with Crippen LogP contribution in [0.5, 0.6) is 0 Å². The Morgan fingerprint density at radius 3 is 2.88 bits per heavy atom. The van der Waals surface area contributed by atoms with Gasteiger partial charge in [0.15, 0.2) is 0 Å². The Bertz CT molecular complexity index is 491. The predicted molar refractivity (Wildman–Crippen MR) is 66.7 cm³/mol. The first-order valence-electron chi connectivity index (χ1n) is 5.13. The quantitative estimate of drug-likeness (QED) is 0.887. The molecule has 0 saturated heterocycles. The van der Waals surface area contributed by atoms with Crippen molar-refractivity contribution in [3.05, 3.63) is 46.7 Å². The molecule has 0 aliphatic rings. The number of aryl methyl sites for hydroxylation is 2. The SMILES string of the molecule is Cc1cn(C)c(NCc2cccc(Cl)c2)n1. The molecule has 0 aliphatic carbocycles. The highest BCUT2D eigenvalue weighted by Gasteiger charge is 2.01. The van der Waals surface area contributed by atoms with Gasteiger partial charge < -0.3 is 9.88 Å². The first-order valence-corrected chi connectivity index (χ1v) is 5.51. The van der Waals surface area contributed by atoms with E-state index >= 15 is 0 Å². The second-order valence-corrected chi connectivity index (χ2v) is 4.24. The average molecular weight is 236 g/mol. The molecule has 0 fully saturated rings. The molecule has 2 rings (SSSR count). The molecule has 1 N–H and O–H groups in total. The Labute approximate surface area is 100 Å². The number of nitrogens with zero attached hydrogens (tertiary/aromatic N) is 2. The number of benzene rings is 1. The van der Waals surface area contributed by atoms with Gasteiger partial charge in [-0.15, -0.1) is 0 Å². The summed E-state index contributed by atoms with van der Waals surface area (Å²) in [7, 11) is 1.97. The molecule has 0 amide bonds. The summed E-state index contributed by atoms with van der Waals surface area (Å²) >= 11 is 5.91. The van der Waals surface area contributed by atoms with Crippen LogP contribution in [0.25, 0.3) is 0 Å². The maximum Gasteiger partial charge on any atom is 0.203 e. The molecule has 3 nitrogen and oxygen atoms in total. The Balaban J connectivity index is 2.05. The molecule has 1 aromatic carbocycles. The number of imidazole rings is 1. The van der Waals surface area contributed by atoms with E-state index in [1.54, 1.807) is 0 Å². The fourth-order valence-corrected chi connectivity index (χ4v) is 1.82. The van der Waals surface area contributed by atoms with Gasteiger partial charge in [-0.2, -0.15) is 0 Å². The summed E-state index contributed by atoms with van der Waals surface area (Å²) < 4.78 is 1.97. The van der Waals surface area contributed by atoms with Crippen LogP contribution in [0.2, 0.25) is 5.02 Å². The van der Waals surface area contributed by atoms with Crippen molar-refractivity contribution in [2.45, 2.75) is 13.5 Å². The van der Waals surface area contributed by atoms with Crippen molar-refractivity contribution in [1.29, 1.82) is 0 Å². The second kappa shape index (κ2) is 4.58. The normalized spacial score (nSPS) is 10.4. The highest BCUT2D eigenvalue weighted by atomic mass is 35.5. The number of rotatable bonds is 3. The van der Waals surface area contributed by atoms with E-state index in [1.807, 2.05) is 49.0 Å². The van der Waals surface area contributed by atoms with Crippen LogP contribution in [0.1, 0.15) is 11.3 Å². The zero-order valence-corrected chi connectivity index (χ0v) is 10.1. The summed E-state index contributed by atoms with van der Waals surface area (Å²) in [4.78, 5) is 4.37. The van der Waals surface area contributed by atoms with E-state index in [2.05, 4.69) is 10.3 Å². The van der Waals surface area contributed by atoms with Crippen LogP contribution in [-0.4, -0.2) is 9.55 Å². The summed E-state index contributed by atoms with van der Waals surface area (Å²) in [6.45, 7) is 2.70. The number of hydrogen-bond donors (Lipinski definition) is 1. The topological polar surface area (TPSA) is 29.9 Å². The van der Waals surface area contributed by atoms with Crippen LogP contribution < -0.4 is 5.32 Å². The second-order valence-electron chi connectivity index (χ2n) is 3.80. The van der Waals surface area contributed by atoms with Gasteiger partial charge in [0.1, 0.15) is 0 Å². The first-order chi connectivity index (χ1) is 7.65. The van der Waals surface area contributed by atoms with Gasteiger partial charge in [0.2, 0.25) is 5.95 Å². The Hall–Kier alpha value is -1.48. The summed E-state index contributed by atoms with van der Waals surface area (Å²) in [5, 5.41) is 4.03. The van der Waals surface area contributed by atoms with E-state index in [1.165, 1.54) is 0 Å². The molecule has 0 atom stereocenters. The maximum atomic E-state index is 5.91. The minimum atomic E-state index is 0.727. The molecule has 84 valence electrons. The van der Waals surface area contributed by atoms with Gasteiger partial charge >= 0.3 is 0 Å². The zero-order chi connectivity index (χ0) is 11.5. The number of hydrogen-bond acceptors (Lipinski definition) is 2. The summed E-state index contributed by atoms with van der Waals surface area (Å²) in [5.41, 5.74) is 2.16. The van der Waals surface area contributed by atoms with Crippen LogP contribution in [0, 0.1) is 6.92 Å². The molecule has 4 heteroatoms. The van der Waals surface area contributed by atoms with Crippen LogP contribution >= 0.6 is 11.6 Å². The van der Waals surface area contributed by atoms with Crippen molar-refractivity contribution in [3.63, 3.8) is 0 Å². The third kappa shape index (κ3) is 2.55. The molecule has 0 bridgehead atoms. The van der Waals surface area contributed by atoms with Crippen molar-refractivity contribution in [1.82, 2.24) is 9.55 Å². The van der Waals surface area contributed by atoms with Crippen LogP contribution in [0.4, 0.5) is 5.95 Å². The lowest BCUT2D eigenvalue weighted by Crippen LogP contribution is -2.04. The third-order valence-corrected chi connectivity index (χ3v) is 2.57. The van der Waals surface area contributed by atoms with Gasteiger partial charge in [-0.3, -0.25) is 0 Å². The average Bonchev–Trinajstić information content (AvgIpc) is 2.54. The van der Waals surface area contributed by atoms with Crippen LogP contribution in [0.3, 0.4) is 0 Å². The highest BCUT2D eigenvalue weighted by molar-refractivity contribution is 6.30. The zero-order valence-electron chi connectivity index (χ0n) is 9.37. The van der Waals surface area contributed by atoms with Crippen molar-refractivity contribution in [3.8, 4) is 0 Å². The molecule has 2 aromatic rings. The summed E-state index contributed by atoms with van der Waals surface area (Å²) in [5.74, 6) is 0.873. The van der Waals surface area contributed by atoms with Gasteiger partial charge in [-0.1, -0.05) is 23.7 Å². The molecule has 0 spiro atoms. The number of halogens is 1. The van der Waals surface area contributed by atoms with E-state index in [0.29, 0.717) is 0 Å². The molecular weight excluding hydrogens is 222 g/mol. The lowest BCUT2D eigenvalue weighted by atomic mass is 10.2. The molecule has 1 heterocycles. The predicted octanol–water partition coefficient (Wildman–Crippen LogP) is 2.99. The van der Waals surface area contributed by atoms with Crippen molar-refractivity contribution >= 4 is 17.5 Å². The Morgan fingerprint density at radius 2 is 2.25 bits per heavy atom. The van der Waals surface area contributed by atoms with Crippen molar-refractivity contribution in [2.75, 3.05) is 5.32 Å². The largest absolute Gasteiger partial charge is 0.352 e. The van der Waals surface area contributed by atoms with E-state index in [-0.39, 0.29) is 0 Å². The lowest BCUT2D eigenvalue weighted by molar-refractivity contribution is 0.900.